The number of aliphatic hydroxyl groups is 1. The summed E-state index contributed by atoms with van der Waals surface area (Å²) >= 11 is 3.37. The van der Waals surface area contributed by atoms with E-state index in [1.54, 1.807) is 36.4 Å². The number of Topliss-reactive ketones (excluding diaryl/α,β-unsaturated/α-hetero) is 1. The van der Waals surface area contributed by atoms with Gasteiger partial charge in [0.05, 0.1) is 16.2 Å². The highest BCUT2D eigenvalue weighted by molar-refractivity contribution is 9.10. The molecular formula is C24H16BrN3O6S. The number of nitrogens with zero attached hydrogens (tertiary/aromatic N) is 2. The Bertz CT molecular complexity index is 1630. The summed E-state index contributed by atoms with van der Waals surface area (Å²) in [7, 11) is -3.95. The van der Waals surface area contributed by atoms with Crippen molar-refractivity contribution in [2.75, 3.05) is 4.90 Å². The van der Waals surface area contributed by atoms with Gasteiger partial charge >= 0.3 is 0 Å². The highest BCUT2D eigenvalue weighted by Crippen LogP contribution is 2.42. The molecule has 2 aromatic carbocycles. The number of halogens is 1. The molecule has 2 aromatic heterocycles. The minimum atomic E-state index is -3.95. The van der Waals surface area contributed by atoms with Crippen LogP contribution in [0, 0.1) is 0 Å². The predicted molar refractivity (Wildman–Crippen MR) is 130 cm³/mol. The highest BCUT2D eigenvalue weighted by atomic mass is 79.9. The van der Waals surface area contributed by atoms with Crippen molar-refractivity contribution < 1.29 is 27.5 Å². The molecule has 1 aliphatic heterocycles. The third-order valence-electron chi connectivity index (χ3n) is 5.57. The third-order valence-corrected chi connectivity index (χ3v) is 6.99. The average molecular weight is 554 g/mol. The number of furan rings is 1. The number of ketones is 1. The van der Waals surface area contributed by atoms with Crippen molar-refractivity contribution in [1.82, 2.24) is 4.98 Å². The molecule has 9 nitrogen and oxygen atoms in total. The lowest BCUT2D eigenvalue weighted by molar-refractivity contribution is -0.117. The normalized spacial score (nSPS) is 16.3. The van der Waals surface area contributed by atoms with Gasteiger partial charge in [0.25, 0.3) is 5.91 Å². The van der Waals surface area contributed by atoms with E-state index < -0.39 is 33.5 Å². The Morgan fingerprint density at radius 3 is 2.49 bits per heavy atom. The molecule has 4 aromatic rings. The van der Waals surface area contributed by atoms with Crippen molar-refractivity contribution in [1.29, 1.82) is 0 Å². The average Bonchev–Trinajstić information content (AvgIpc) is 3.37. The predicted octanol–water partition coefficient (Wildman–Crippen LogP) is 4.02. The lowest BCUT2D eigenvalue weighted by Crippen LogP contribution is -2.31. The molecule has 1 unspecified atom stereocenters. The number of fused-ring (bicyclic) bond motifs is 1. The first-order chi connectivity index (χ1) is 16.6. The van der Waals surface area contributed by atoms with Gasteiger partial charge in [-0.1, -0.05) is 22.0 Å². The first-order valence-corrected chi connectivity index (χ1v) is 12.5. The van der Waals surface area contributed by atoms with E-state index in [2.05, 4.69) is 20.9 Å². The van der Waals surface area contributed by atoms with Crippen LogP contribution in [0.5, 0.6) is 0 Å². The van der Waals surface area contributed by atoms with Gasteiger partial charge < -0.3 is 9.52 Å². The summed E-state index contributed by atoms with van der Waals surface area (Å²) in [6.07, 6.45) is 1.50. The van der Waals surface area contributed by atoms with Crippen LogP contribution in [0.2, 0.25) is 0 Å². The Balaban J connectivity index is 1.63. The lowest BCUT2D eigenvalue weighted by atomic mass is 9.98. The van der Waals surface area contributed by atoms with Gasteiger partial charge in [-0.2, -0.15) is 0 Å². The highest BCUT2D eigenvalue weighted by Gasteiger charge is 2.46. The smallest absolute Gasteiger partial charge is 0.294 e. The number of nitrogens with two attached hydrogens (primary N) is 1. The van der Waals surface area contributed by atoms with E-state index in [0.717, 1.165) is 4.47 Å². The first kappa shape index (κ1) is 23.0. The molecule has 11 heteroatoms. The van der Waals surface area contributed by atoms with Gasteiger partial charge in [0.1, 0.15) is 11.6 Å². The fraction of sp³-hybridized carbons (Fsp3) is 0.0417. The van der Waals surface area contributed by atoms with Crippen LogP contribution in [-0.4, -0.2) is 30.2 Å². The summed E-state index contributed by atoms with van der Waals surface area (Å²) in [4.78, 5) is 32.1. The fourth-order valence-corrected chi connectivity index (χ4v) is 4.87. The second-order valence-electron chi connectivity index (χ2n) is 7.76. The number of amides is 1. The van der Waals surface area contributed by atoms with Crippen LogP contribution in [0.3, 0.4) is 0 Å². The second kappa shape index (κ2) is 8.45. The van der Waals surface area contributed by atoms with Crippen LogP contribution in [0.4, 0.5) is 5.69 Å². The molecule has 0 spiro atoms. The van der Waals surface area contributed by atoms with Gasteiger partial charge in [0.2, 0.25) is 15.8 Å². The zero-order valence-corrected chi connectivity index (χ0v) is 20.2. The summed E-state index contributed by atoms with van der Waals surface area (Å²) in [6.45, 7) is 0. The zero-order chi connectivity index (χ0) is 24.9. The Labute approximate surface area is 207 Å². The summed E-state index contributed by atoms with van der Waals surface area (Å²) < 4.78 is 29.8. The van der Waals surface area contributed by atoms with Crippen molar-refractivity contribution in [3.05, 3.63) is 100 Å². The Morgan fingerprint density at radius 1 is 1.09 bits per heavy atom. The number of sulfonamides is 1. The first-order valence-electron chi connectivity index (χ1n) is 10.2. The number of carbonyl (C=O) groups excluding carboxylic acids is 2. The van der Waals surface area contributed by atoms with Gasteiger partial charge in [0, 0.05) is 21.7 Å². The van der Waals surface area contributed by atoms with E-state index in [4.69, 9.17) is 9.56 Å². The van der Waals surface area contributed by atoms with Crippen LogP contribution in [-0.2, 0) is 14.8 Å². The molecule has 35 heavy (non-hydrogen) atoms. The lowest BCUT2D eigenvalue weighted by Gasteiger charge is -2.26. The molecule has 0 saturated heterocycles. The monoisotopic (exact) mass is 553 g/mol. The number of anilines is 1. The molecule has 0 saturated carbocycles. The van der Waals surface area contributed by atoms with Crippen LogP contribution in [0.25, 0.3) is 11.0 Å². The van der Waals surface area contributed by atoms with Crippen LogP contribution >= 0.6 is 15.9 Å². The Hall–Kier alpha value is -3.80. The van der Waals surface area contributed by atoms with Crippen molar-refractivity contribution in [2.24, 2.45) is 5.14 Å². The van der Waals surface area contributed by atoms with E-state index in [1.807, 2.05) is 0 Å². The van der Waals surface area contributed by atoms with Crippen LogP contribution < -0.4 is 10.0 Å². The standard InChI is InChI=1S/C24H16BrN3O6S/c25-14-4-9-18-13(11-14)12-19(34-18)22(29)20-21(17-3-1-2-10-27-17)28(24(31)23(20)30)15-5-7-16(8-6-15)35(26,32)33/h1-12,21,30H,(H2,26,32,33). The van der Waals surface area contributed by atoms with E-state index in [1.165, 1.54) is 41.4 Å². The van der Waals surface area contributed by atoms with Crippen LogP contribution in [0.1, 0.15) is 22.3 Å². The molecule has 0 radical (unpaired) electrons. The maximum Gasteiger partial charge on any atom is 0.294 e. The third kappa shape index (κ3) is 4.03. The number of primary sulfonamides is 1. The minimum Gasteiger partial charge on any atom is -0.503 e. The van der Waals surface area contributed by atoms with Crippen molar-refractivity contribution >= 4 is 54.3 Å². The van der Waals surface area contributed by atoms with Gasteiger partial charge in [0.15, 0.2) is 11.5 Å². The number of aliphatic hydroxyl groups excluding tert-OH is 1. The minimum absolute atomic E-state index is 0.0557. The van der Waals surface area contributed by atoms with Crippen molar-refractivity contribution in [3.63, 3.8) is 0 Å². The zero-order valence-electron chi connectivity index (χ0n) is 17.8. The summed E-state index contributed by atoms with van der Waals surface area (Å²) in [5.74, 6) is -2.32. The number of benzene rings is 2. The van der Waals surface area contributed by atoms with Gasteiger partial charge in [-0.15, -0.1) is 0 Å². The molecule has 1 amide bonds. The van der Waals surface area contributed by atoms with E-state index >= 15 is 0 Å². The molecule has 3 N–H and O–H groups in total. The molecule has 1 aliphatic rings. The number of hydrogen-bond acceptors (Lipinski definition) is 7. The molecule has 0 aliphatic carbocycles. The molecule has 3 heterocycles. The molecule has 176 valence electrons. The molecule has 1 atom stereocenters. The van der Waals surface area contributed by atoms with E-state index in [0.29, 0.717) is 16.7 Å². The number of pyridine rings is 1. The second-order valence-corrected chi connectivity index (χ2v) is 10.2. The van der Waals surface area contributed by atoms with Crippen LogP contribution in [0.15, 0.2) is 98.0 Å². The molecular weight excluding hydrogens is 538 g/mol. The molecule has 0 bridgehead atoms. The fourth-order valence-electron chi connectivity index (χ4n) is 3.98. The Morgan fingerprint density at radius 2 is 1.83 bits per heavy atom. The summed E-state index contributed by atoms with van der Waals surface area (Å²) in [5.41, 5.74) is 0.816. The largest absolute Gasteiger partial charge is 0.503 e. The molecule has 0 fully saturated rings. The van der Waals surface area contributed by atoms with Gasteiger partial charge in [-0.25, -0.2) is 13.6 Å². The summed E-state index contributed by atoms with van der Waals surface area (Å²) in [6, 6.07) is 15.9. The Kier molecular flexibility index (Phi) is 5.55. The van der Waals surface area contributed by atoms with Gasteiger partial charge in [-0.3, -0.25) is 19.5 Å². The quantitative estimate of drug-likeness (QED) is 0.355. The van der Waals surface area contributed by atoms with E-state index in [9.17, 15) is 23.1 Å². The number of aromatic nitrogens is 1. The maximum absolute atomic E-state index is 13.6. The van der Waals surface area contributed by atoms with Crippen molar-refractivity contribution in [2.45, 2.75) is 10.9 Å². The van der Waals surface area contributed by atoms with Gasteiger partial charge in [-0.05, 0) is 60.7 Å². The topological polar surface area (TPSA) is 144 Å². The molecule has 5 rings (SSSR count). The number of hydrogen-bond donors (Lipinski definition) is 2. The summed E-state index contributed by atoms with van der Waals surface area (Å²) in [5, 5.41) is 16.7. The SMILES string of the molecule is NS(=O)(=O)c1ccc(N2C(=O)C(O)=C(C(=O)c3cc4cc(Br)ccc4o3)C2c2ccccn2)cc1. The van der Waals surface area contributed by atoms with Crippen molar-refractivity contribution in [3.8, 4) is 0 Å². The maximum atomic E-state index is 13.6. The van der Waals surface area contributed by atoms with E-state index in [-0.39, 0.29) is 21.9 Å². The number of rotatable bonds is 5. The number of carbonyl (C=O) groups is 2.